The van der Waals surface area contributed by atoms with Crippen molar-refractivity contribution in [3.8, 4) is 0 Å². The summed E-state index contributed by atoms with van der Waals surface area (Å²) in [5.41, 5.74) is 0.474. The van der Waals surface area contributed by atoms with E-state index in [4.69, 9.17) is 4.74 Å². The van der Waals surface area contributed by atoms with Crippen molar-refractivity contribution < 1.29 is 14.3 Å². The molecule has 32 heavy (non-hydrogen) atoms. The van der Waals surface area contributed by atoms with Gasteiger partial charge in [0.1, 0.15) is 6.04 Å². The summed E-state index contributed by atoms with van der Waals surface area (Å²) in [5, 5.41) is 11.7. The highest BCUT2D eigenvalue weighted by atomic mass is 16.5. The zero-order valence-corrected chi connectivity index (χ0v) is 18.7. The first-order valence-corrected chi connectivity index (χ1v) is 11.2. The van der Waals surface area contributed by atoms with Crippen molar-refractivity contribution in [2.75, 3.05) is 0 Å². The normalized spacial score (nSPS) is 15.9. The summed E-state index contributed by atoms with van der Waals surface area (Å²) in [5.74, 6) is 0.0362. The number of aryl methyl sites for hydroxylation is 1. The van der Waals surface area contributed by atoms with Gasteiger partial charge in [0.15, 0.2) is 12.4 Å². The molecule has 9 nitrogen and oxygen atoms in total. The number of ether oxygens (including phenoxy) is 1. The molecule has 170 valence electrons. The standard InChI is InChI=1S/C23H29N5O4/c1-14(2)19(24-20(29)15-9-5-4-6-10-15)22(31)32-13-18-25-26-23-27(3)21(30)16-11-7-8-12-17(16)28(18)23/h7-8,11-12,14-15,19H,4-6,9-10,13H2,1-3H3,(H,24,29). The predicted molar refractivity (Wildman–Crippen MR) is 119 cm³/mol. The number of esters is 1. The molecule has 0 saturated heterocycles. The van der Waals surface area contributed by atoms with Crippen LogP contribution in [0.25, 0.3) is 16.7 Å². The summed E-state index contributed by atoms with van der Waals surface area (Å²) < 4.78 is 8.70. The highest BCUT2D eigenvalue weighted by Gasteiger charge is 2.30. The van der Waals surface area contributed by atoms with Crippen molar-refractivity contribution in [2.45, 2.75) is 58.6 Å². The topological polar surface area (TPSA) is 108 Å². The number of rotatable bonds is 6. The third-order valence-electron chi connectivity index (χ3n) is 6.23. The fourth-order valence-corrected chi connectivity index (χ4v) is 4.34. The van der Waals surface area contributed by atoms with Crippen molar-refractivity contribution in [3.63, 3.8) is 0 Å². The molecule has 2 aromatic heterocycles. The highest BCUT2D eigenvalue weighted by molar-refractivity contribution is 5.86. The minimum absolute atomic E-state index is 0.0362. The van der Waals surface area contributed by atoms with E-state index in [-0.39, 0.29) is 29.9 Å². The Hall–Kier alpha value is -3.23. The number of aromatic nitrogens is 4. The summed E-state index contributed by atoms with van der Waals surface area (Å²) >= 11 is 0. The number of fused-ring (bicyclic) bond motifs is 3. The molecular weight excluding hydrogens is 410 g/mol. The Morgan fingerprint density at radius 1 is 1.16 bits per heavy atom. The zero-order valence-electron chi connectivity index (χ0n) is 18.7. The van der Waals surface area contributed by atoms with Crippen LogP contribution >= 0.6 is 0 Å². The van der Waals surface area contributed by atoms with Gasteiger partial charge in [-0.25, -0.2) is 4.79 Å². The molecule has 1 saturated carbocycles. The van der Waals surface area contributed by atoms with Gasteiger partial charge in [-0.1, -0.05) is 45.2 Å². The molecular formula is C23H29N5O4. The molecule has 1 unspecified atom stereocenters. The molecule has 2 heterocycles. The molecule has 4 rings (SSSR count). The molecule has 9 heteroatoms. The van der Waals surface area contributed by atoms with E-state index in [1.165, 1.54) is 4.57 Å². The second-order valence-corrected chi connectivity index (χ2v) is 8.81. The average molecular weight is 440 g/mol. The molecule has 0 spiro atoms. The predicted octanol–water partition coefficient (Wildman–Crippen LogP) is 2.35. The number of carbonyl (C=O) groups is 2. The lowest BCUT2D eigenvalue weighted by atomic mass is 9.88. The molecule has 1 aliphatic rings. The second kappa shape index (κ2) is 9.10. The van der Waals surface area contributed by atoms with Crippen LogP contribution in [0.3, 0.4) is 0 Å². The third-order valence-corrected chi connectivity index (χ3v) is 6.23. The summed E-state index contributed by atoms with van der Waals surface area (Å²) in [6.07, 6.45) is 4.98. The first-order valence-electron chi connectivity index (χ1n) is 11.2. The van der Waals surface area contributed by atoms with Crippen LogP contribution in [-0.2, 0) is 28.0 Å². The largest absolute Gasteiger partial charge is 0.456 e. The Morgan fingerprint density at radius 2 is 1.88 bits per heavy atom. The van der Waals surface area contributed by atoms with Crippen LogP contribution in [0, 0.1) is 11.8 Å². The lowest BCUT2D eigenvalue weighted by Gasteiger charge is -2.25. The lowest BCUT2D eigenvalue weighted by Crippen LogP contribution is -2.47. The third kappa shape index (κ3) is 4.11. The van der Waals surface area contributed by atoms with E-state index in [9.17, 15) is 14.4 Å². The van der Waals surface area contributed by atoms with Gasteiger partial charge in [-0.3, -0.25) is 18.6 Å². The number of nitrogens with one attached hydrogen (secondary N) is 1. The highest BCUT2D eigenvalue weighted by Crippen LogP contribution is 2.24. The first kappa shape index (κ1) is 22.0. The van der Waals surface area contributed by atoms with E-state index in [0.29, 0.717) is 22.5 Å². The van der Waals surface area contributed by atoms with Gasteiger partial charge in [-0.2, -0.15) is 0 Å². The Morgan fingerprint density at radius 3 is 2.59 bits per heavy atom. The minimum atomic E-state index is -0.732. The number of carbonyl (C=O) groups excluding carboxylic acids is 2. The Labute approximate surface area is 185 Å². The van der Waals surface area contributed by atoms with E-state index >= 15 is 0 Å². The minimum Gasteiger partial charge on any atom is -0.456 e. The molecule has 0 radical (unpaired) electrons. The molecule has 1 N–H and O–H groups in total. The maximum Gasteiger partial charge on any atom is 0.329 e. The van der Waals surface area contributed by atoms with Gasteiger partial charge in [-0.05, 0) is 30.9 Å². The van der Waals surface area contributed by atoms with Crippen LogP contribution in [-0.4, -0.2) is 37.1 Å². The Balaban J connectivity index is 1.54. The maximum absolute atomic E-state index is 12.9. The number of nitrogens with zero attached hydrogens (tertiary/aromatic N) is 4. The van der Waals surface area contributed by atoms with Gasteiger partial charge in [-0.15, -0.1) is 10.2 Å². The van der Waals surface area contributed by atoms with Crippen LogP contribution in [0.15, 0.2) is 29.1 Å². The van der Waals surface area contributed by atoms with E-state index < -0.39 is 12.0 Å². The van der Waals surface area contributed by atoms with Crippen LogP contribution in [0.1, 0.15) is 51.8 Å². The fourth-order valence-electron chi connectivity index (χ4n) is 4.34. The molecule has 1 amide bonds. The van der Waals surface area contributed by atoms with Gasteiger partial charge in [0.2, 0.25) is 11.7 Å². The van der Waals surface area contributed by atoms with Gasteiger partial charge >= 0.3 is 5.97 Å². The maximum atomic E-state index is 12.9. The Kier molecular flexibility index (Phi) is 6.25. The summed E-state index contributed by atoms with van der Waals surface area (Å²) in [7, 11) is 1.63. The fraction of sp³-hybridized carbons (Fsp3) is 0.522. The smallest absolute Gasteiger partial charge is 0.329 e. The zero-order chi connectivity index (χ0) is 22.8. The molecule has 1 aliphatic carbocycles. The van der Waals surface area contributed by atoms with Crippen LogP contribution in [0.4, 0.5) is 0 Å². The SMILES string of the molecule is CC(C)C(NC(=O)C1CCCCC1)C(=O)OCc1nnc2n(C)c(=O)c3ccccc3n12. The van der Waals surface area contributed by atoms with Gasteiger partial charge in [0, 0.05) is 13.0 Å². The number of amides is 1. The molecule has 0 aliphatic heterocycles. The molecule has 1 fully saturated rings. The number of para-hydroxylation sites is 1. The van der Waals surface area contributed by atoms with Crippen LogP contribution in [0.5, 0.6) is 0 Å². The first-order chi connectivity index (χ1) is 15.4. The number of hydrogen-bond acceptors (Lipinski definition) is 6. The molecule has 1 aromatic carbocycles. The van der Waals surface area contributed by atoms with Crippen LogP contribution < -0.4 is 10.9 Å². The Bertz CT molecular complexity index is 1210. The average Bonchev–Trinajstić information content (AvgIpc) is 3.24. The van der Waals surface area contributed by atoms with Crippen molar-refractivity contribution >= 4 is 28.6 Å². The van der Waals surface area contributed by atoms with E-state index in [0.717, 1.165) is 32.1 Å². The van der Waals surface area contributed by atoms with Gasteiger partial charge in [0.25, 0.3) is 5.56 Å². The van der Waals surface area contributed by atoms with Crippen molar-refractivity contribution in [2.24, 2.45) is 18.9 Å². The summed E-state index contributed by atoms with van der Waals surface area (Å²) in [6, 6.07) is 6.43. The van der Waals surface area contributed by atoms with Crippen molar-refractivity contribution in [1.82, 2.24) is 24.5 Å². The van der Waals surface area contributed by atoms with Crippen molar-refractivity contribution in [1.29, 1.82) is 0 Å². The summed E-state index contributed by atoms with van der Waals surface area (Å²) in [4.78, 5) is 38.1. The number of benzene rings is 1. The molecule has 0 bridgehead atoms. The van der Waals surface area contributed by atoms with E-state index in [1.807, 2.05) is 19.9 Å². The second-order valence-electron chi connectivity index (χ2n) is 8.81. The molecule has 1 atom stereocenters. The van der Waals surface area contributed by atoms with Gasteiger partial charge < -0.3 is 10.1 Å². The van der Waals surface area contributed by atoms with Gasteiger partial charge in [0.05, 0.1) is 10.9 Å². The van der Waals surface area contributed by atoms with Crippen molar-refractivity contribution in [3.05, 3.63) is 40.4 Å². The summed E-state index contributed by atoms with van der Waals surface area (Å²) in [6.45, 7) is 3.64. The molecule has 3 aromatic rings. The quantitative estimate of drug-likeness (QED) is 0.591. The lowest BCUT2D eigenvalue weighted by molar-refractivity contribution is -0.151. The monoisotopic (exact) mass is 439 g/mol. The number of hydrogen-bond donors (Lipinski definition) is 1. The van der Waals surface area contributed by atoms with E-state index in [1.54, 1.807) is 29.6 Å². The van der Waals surface area contributed by atoms with E-state index in [2.05, 4.69) is 15.5 Å². The van der Waals surface area contributed by atoms with Crippen LogP contribution in [0.2, 0.25) is 0 Å².